The standard InChI is InChI=1S/C12H16N4S/c1-8-5-13-6-9(2)16(8)12-14-7-10-3-4-17-11(10)15-12/h3-4,7-9,13H,5-6H2,1-2H3. The lowest BCUT2D eigenvalue weighted by molar-refractivity contribution is 0.425. The molecule has 2 aromatic rings. The summed E-state index contributed by atoms with van der Waals surface area (Å²) >= 11 is 1.67. The minimum Gasteiger partial charge on any atom is -0.333 e. The van der Waals surface area contributed by atoms with E-state index in [-0.39, 0.29) is 0 Å². The van der Waals surface area contributed by atoms with Gasteiger partial charge in [0, 0.05) is 36.8 Å². The number of nitrogens with one attached hydrogen (secondary N) is 1. The summed E-state index contributed by atoms with van der Waals surface area (Å²) in [6.45, 7) is 6.42. The first-order valence-corrected chi connectivity index (χ1v) is 6.83. The summed E-state index contributed by atoms with van der Waals surface area (Å²) in [6, 6.07) is 2.95. The monoisotopic (exact) mass is 248 g/mol. The molecule has 0 amide bonds. The number of nitrogens with zero attached hydrogens (tertiary/aromatic N) is 3. The average molecular weight is 248 g/mol. The molecule has 90 valence electrons. The van der Waals surface area contributed by atoms with E-state index in [1.807, 2.05) is 6.20 Å². The maximum absolute atomic E-state index is 4.67. The molecule has 3 heterocycles. The average Bonchev–Trinajstić information content (AvgIpc) is 2.76. The molecule has 5 heteroatoms. The van der Waals surface area contributed by atoms with Gasteiger partial charge in [-0.15, -0.1) is 11.3 Å². The molecular formula is C12H16N4S. The van der Waals surface area contributed by atoms with E-state index in [1.165, 1.54) is 0 Å². The summed E-state index contributed by atoms with van der Waals surface area (Å²) in [6.07, 6.45) is 1.93. The Kier molecular flexibility index (Phi) is 2.72. The van der Waals surface area contributed by atoms with Crippen LogP contribution in [0.4, 0.5) is 5.95 Å². The molecule has 0 radical (unpaired) electrons. The molecule has 0 bridgehead atoms. The quantitative estimate of drug-likeness (QED) is 0.836. The van der Waals surface area contributed by atoms with Crippen LogP contribution < -0.4 is 10.2 Å². The Hall–Kier alpha value is -1.20. The lowest BCUT2D eigenvalue weighted by Gasteiger charge is -2.39. The van der Waals surface area contributed by atoms with Gasteiger partial charge in [-0.05, 0) is 25.3 Å². The van der Waals surface area contributed by atoms with Crippen LogP contribution in [-0.4, -0.2) is 35.1 Å². The van der Waals surface area contributed by atoms with Gasteiger partial charge in [-0.25, -0.2) is 9.97 Å². The van der Waals surface area contributed by atoms with Crippen molar-refractivity contribution in [3.63, 3.8) is 0 Å². The fourth-order valence-electron chi connectivity index (χ4n) is 2.40. The summed E-state index contributed by atoms with van der Waals surface area (Å²) in [5.74, 6) is 0.862. The molecule has 0 spiro atoms. The van der Waals surface area contributed by atoms with Crippen LogP contribution in [0, 0.1) is 0 Å². The highest BCUT2D eigenvalue weighted by Crippen LogP contribution is 2.23. The van der Waals surface area contributed by atoms with Gasteiger partial charge in [-0.3, -0.25) is 0 Å². The third kappa shape index (κ3) is 1.89. The molecule has 1 N–H and O–H groups in total. The summed E-state index contributed by atoms with van der Waals surface area (Å²) in [5.41, 5.74) is 0. The van der Waals surface area contributed by atoms with Gasteiger partial charge in [-0.1, -0.05) is 0 Å². The zero-order valence-electron chi connectivity index (χ0n) is 10.1. The lowest BCUT2D eigenvalue weighted by atomic mass is 10.1. The first-order valence-electron chi connectivity index (χ1n) is 5.95. The van der Waals surface area contributed by atoms with Crippen LogP contribution in [0.1, 0.15) is 13.8 Å². The Morgan fingerprint density at radius 1 is 1.35 bits per heavy atom. The summed E-state index contributed by atoms with van der Waals surface area (Å²) in [4.78, 5) is 12.6. The molecule has 0 saturated carbocycles. The van der Waals surface area contributed by atoms with Crippen LogP contribution in [0.3, 0.4) is 0 Å². The first-order chi connectivity index (χ1) is 8.25. The van der Waals surface area contributed by atoms with Crippen LogP contribution in [0.2, 0.25) is 0 Å². The predicted molar refractivity (Wildman–Crippen MR) is 71.7 cm³/mol. The molecule has 2 atom stereocenters. The van der Waals surface area contributed by atoms with Crippen molar-refractivity contribution in [2.45, 2.75) is 25.9 Å². The van der Waals surface area contributed by atoms with Crippen LogP contribution in [0.5, 0.6) is 0 Å². The second-order valence-corrected chi connectivity index (χ2v) is 5.51. The molecule has 2 unspecified atom stereocenters. The second kappa shape index (κ2) is 4.23. The zero-order chi connectivity index (χ0) is 11.8. The normalized spacial score (nSPS) is 25.4. The Labute approximate surface area is 105 Å². The van der Waals surface area contributed by atoms with E-state index >= 15 is 0 Å². The van der Waals surface area contributed by atoms with Crippen molar-refractivity contribution in [3.05, 3.63) is 17.6 Å². The number of anilines is 1. The Balaban J connectivity index is 2.00. The third-order valence-corrected chi connectivity index (χ3v) is 4.08. The Morgan fingerprint density at radius 3 is 2.88 bits per heavy atom. The topological polar surface area (TPSA) is 41.0 Å². The van der Waals surface area contributed by atoms with Crippen molar-refractivity contribution in [1.82, 2.24) is 15.3 Å². The van der Waals surface area contributed by atoms with Gasteiger partial charge in [0.25, 0.3) is 0 Å². The Morgan fingerprint density at radius 2 is 2.12 bits per heavy atom. The number of fused-ring (bicyclic) bond motifs is 1. The van der Waals surface area contributed by atoms with Gasteiger partial charge in [0.05, 0.1) is 0 Å². The second-order valence-electron chi connectivity index (χ2n) is 4.61. The van der Waals surface area contributed by atoms with Crippen molar-refractivity contribution in [2.24, 2.45) is 0 Å². The number of hydrogen-bond donors (Lipinski definition) is 1. The minimum absolute atomic E-state index is 0.441. The fourth-order valence-corrected chi connectivity index (χ4v) is 3.13. The highest BCUT2D eigenvalue weighted by atomic mass is 32.1. The van der Waals surface area contributed by atoms with Crippen molar-refractivity contribution in [1.29, 1.82) is 0 Å². The van der Waals surface area contributed by atoms with Crippen molar-refractivity contribution in [2.75, 3.05) is 18.0 Å². The maximum Gasteiger partial charge on any atom is 0.227 e. The molecule has 1 saturated heterocycles. The van der Waals surface area contributed by atoms with Crippen molar-refractivity contribution in [3.8, 4) is 0 Å². The molecule has 2 aromatic heterocycles. The summed E-state index contributed by atoms with van der Waals surface area (Å²) < 4.78 is 0. The molecule has 1 fully saturated rings. The number of thiophene rings is 1. The molecule has 1 aliphatic heterocycles. The van der Waals surface area contributed by atoms with Crippen LogP contribution >= 0.6 is 11.3 Å². The van der Waals surface area contributed by atoms with E-state index < -0.39 is 0 Å². The molecule has 3 rings (SSSR count). The van der Waals surface area contributed by atoms with Gasteiger partial charge >= 0.3 is 0 Å². The number of rotatable bonds is 1. The lowest BCUT2D eigenvalue weighted by Crippen LogP contribution is -2.55. The van der Waals surface area contributed by atoms with Crippen molar-refractivity contribution < 1.29 is 0 Å². The van der Waals surface area contributed by atoms with E-state index in [0.717, 1.165) is 29.3 Å². The van der Waals surface area contributed by atoms with E-state index in [0.29, 0.717) is 12.1 Å². The van der Waals surface area contributed by atoms with E-state index in [2.05, 4.69) is 45.5 Å². The van der Waals surface area contributed by atoms with Gasteiger partial charge in [0.1, 0.15) is 4.83 Å². The number of hydrogen-bond acceptors (Lipinski definition) is 5. The summed E-state index contributed by atoms with van der Waals surface area (Å²) in [7, 11) is 0. The van der Waals surface area contributed by atoms with Crippen LogP contribution in [0.15, 0.2) is 17.6 Å². The highest BCUT2D eigenvalue weighted by molar-refractivity contribution is 7.16. The van der Waals surface area contributed by atoms with Crippen molar-refractivity contribution >= 4 is 27.5 Å². The van der Waals surface area contributed by atoms with Gasteiger partial charge in [-0.2, -0.15) is 0 Å². The fraction of sp³-hybridized carbons (Fsp3) is 0.500. The summed E-state index contributed by atoms with van der Waals surface area (Å²) in [5, 5.41) is 6.62. The van der Waals surface area contributed by atoms with E-state index in [9.17, 15) is 0 Å². The van der Waals surface area contributed by atoms with Crippen LogP contribution in [0.25, 0.3) is 10.2 Å². The van der Waals surface area contributed by atoms with Gasteiger partial charge in [0.2, 0.25) is 5.95 Å². The number of piperazine rings is 1. The van der Waals surface area contributed by atoms with E-state index in [1.54, 1.807) is 11.3 Å². The maximum atomic E-state index is 4.67. The first kappa shape index (κ1) is 10.9. The molecule has 4 nitrogen and oxygen atoms in total. The third-order valence-electron chi connectivity index (χ3n) is 3.26. The predicted octanol–water partition coefficient (Wildman–Crippen LogP) is 1.88. The minimum atomic E-state index is 0.441. The molecule has 1 aliphatic rings. The molecule has 0 aromatic carbocycles. The Bertz CT molecular complexity index is 514. The zero-order valence-corrected chi connectivity index (χ0v) is 10.9. The van der Waals surface area contributed by atoms with E-state index in [4.69, 9.17) is 0 Å². The molecular weight excluding hydrogens is 232 g/mol. The molecule has 0 aliphatic carbocycles. The SMILES string of the molecule is CC1CNCC(C)N1c1ncc2ccsc2n1. The number of aromatic nitrogens is 2. The van der Waals surface area contributed by atoms with Gasteiger partial charge < -0.3 is 10.2 Å². The van der Waals surface area contributed by atoms with Crippen LogP contribution in [-0.2, 0) is 0 Å². The highest BCUT2D eigenvalue weighted by Gasteiger charge is 2.26. The molecule has 17 heavy (non-hydrogen) atoms. The van der Waals surface area contributed by atoms with Gasteiger partial charge in [0.15, 0.2) is 0 Å². The largest absolute Gasteiger partial charge is 0.333 e. The smallest absolute Gasteiger partial charge is 0.227 e.